The zero-order chi connectivity index (χ0) is 17.2. The quantitative estimate of drug-likeness (QED) is 0.646. The summed E-state index contributed by atoms with van der Waals surface area (Å²) in [5.74, 6) is 0.683. The predicted octanol–water partition coefficient (Wildman–Crippen LogP) is 5.02. The zero-order valence-electron chi connectivity index (χ0n) is 15.3. The van der Waals surface area contributed by atoms with E-state index in [1.54, 1.807) is 0 Å². The Hall–Kier alpha value is -1.35. The molecule has 0 aliphatic heterocycles. The maximum absolute atomic E-state index is 11.6. The smallest absolute Gasteiger partial charge is 0.305 e. The molecule has 0 spiro atoms. The minimum atomic E-state index is -0.0593. The molecule has 1 unspecified atom stereocenters. The molecule has 3 heteroatoms. The minimum Gasteiger partial charge on any atom is -0.466 e. The topological polar surface area (TPSA) is 38.3 Å². The molecule has 2 atom stereocenters. The van der Waals surface area contributed by atoms with Crippen molar-refractivity contribution >= 4 is 5.97 Å². The number of ether oxygens (including phenoxy) is 1. The average molecular weight is 332 g/mol. The Morgan fingerprint density at radius 3 is 2.58 bits per heavy atom. The van der Waals surface area contributed by atoms with Crippen LogP contribution in [0.5, 0.6) is 0 Å². The molecule has 1 aliphatic carbocycles. The van der Waals surface area contributed by atoms with Crippen LogP contribution in [0.1, 0.15) is 76.8 Å². The van der Waals surface area contributed by atoms with Crippen molar-refractivity contribution in [3.8, 4) is 0 Å². The number of carbonyl (C=O) groups is 1. The molecular formula is C21H33NO2. The van der Waals surface area contributed by atoms with E-state index in [-0.39, 0.29) is 5.97 Å². The third-order valence-corrected chi connectivity index (χ3v) is 5.18. The summed E-state index contributed by atoms with van der Waals surface area (Å²) in [6, 6.07) is 11.5. The molecule has 0 saturated heterocycles. The summed E-state index contributed by atoms with van der Waals surface area (Å²) in [5.41, 5.74) is 1.34. The molecule has 1 aromatic rings. The van der Waals surface area contributed by atoms with Crippen molar-refractivity contribution in [2.45, 2.75) is 77.3 Å². The van der Waals surface area contributed by atoms with Crippen molar-refractivity contribution in [2.24, 2.45) is 5.92 Å². The van der Waals surface area contributed by atoms with Crippen LogP contribution < -0.4 is 5.32 Å². The van der Waals surface area contributed by atoms with E-state index >= 15 is 0 Å². The lowest BCUT2D eigenvalue weighted by molar-refractivity contribution is -0.143. The Morgan fingerprint density at radius 1 is 1.21 bits per heavy atom. The molecule has 24 heavy (non-hydrogen) atoms. The lowest BCUT2D eigenvalue weighted by Gasteiger charge is -2.33. The molecule has 0 radical (unpaired) electrons. The summed E-state index contributed by atoms with van der Waals surface area (Å²) in [7, 11) is 0. The zero-order valence-corrected chi connectivity index (χ0v) is 15.3. The first-order valence-electron chi connectivity index (χ1n) is 9.67. The van der Waals surface area contributed by atoms with E-state index in [1.807, 2.05) is 6.92 Å². The number of esters is 1. The van der Waals surface area contributed by atoms with E-state index in [0.717, 1.165) is 18.8 Å². The molecule has 1 fully saturated rings. The lowest BCUT2D eigenvalue weighted by Crippen LogP contribution is -2.39. The first-order valence-corrected chi connectivity index (χ1v) is 9.67. The largest absolute Gasteiger partial charge is 0.466 e. The van der Waals surface area contributed by atoms with Gasteiger partial charge in [0.2, 0.25) is 0 Å². The van der Waals surface area contributed by atoms with Gasteiger partial charge in [0.15, 0.2) is 0 Å². The van der Waals surface area contributed by atoms with Gasteiger partial charge in [0.05, 0.1) is 6.61 Å². The molecule has 1 aromatic carbocycles. The van der Waals surface area contributed by atoms with Crippen LogP contribution in [0.3, 0.4) is 0 Å². The lowest BCUT2D eigenvalue weighted by atomic mass is 9.81. The SMILES string of the molecule is CCOC(=O)CCCC(N[C@@H](C)c1ccccc1)C1CCCCC1. The fourth-order valence-electron chi connectivity index (χ4n) is 3.85. The molecule has 134 valence electrons. The number of benzene rings is 1. The van der Waals surface area contributed by atoms with Gasteiger partial charge in [-0.05, 0) is 51.0 Å². The number of hydrogen-bond acceptors (Lipinski definition) is 3. The van der Waals surface area contributed by atoms with Crippen molar-refractivity contribution in [3.05, 3.63) is 35.9 Å². The Balaban J connectivity index is 1.90. The van der Waals surface area contributed by atoms with Crippen LogP contribution in [0.2, 0.25) is 0 Å². The second kappa shape index (κ2) is 10.5. The first kappa shape index (κ1) is 19.0. The van der Waals surface area contributed by atoms with Gasteiger partial charge in [-0.15, -0.1) is 0 Å². The van der Waals surface area contributed by atoms with Crippen LogP contribution in [0.4, 0.5) is 0 Å². The van der Waals surface area contributed by atoms with Crippen molar-refractivity contribution in [1.29, 1.82) is 0 Å². The number of carbonyl (C=O) groups excluding carboxylic acids is 1. The van der Waals surface area contributed by atoms with Crippen molar-refractivity contribution in [1.82, 2.24) is 5.32 Å². The van der Waals surface area contributed by atoms with Gasteiger partial charge in [0, 0.05) is 18.5 Å². The summed E-state index contributed by atoms with van der Waals surface area (Å²) in [4.78, 5) is 11.6. The summed E-state index contributed by atoms with van der Waals surface area (Å²) >= 11 is 0. The second-order valence-corrected chi connectivity index (χ2v) is 7.00. The first-order chi connectivity index (χ1) is 11.7. The summed E-state index contributed by atoms with van der Waals surface area (Å²) < 4.78 is 5.06. The van der Waals surface area contributed by atoms with Crippen LogP contribution in [-0.4, -0.2) is 18.6 Å². The molecule has 0 bridgehead atoms. The van der Waals surface area contributed by atoms with Crippen molar-refractivity contribution in [3.63, 3.8) is 0 Å². The fraction of sp³-hybridized carbons (Fsp3) is 0.667. The van der Waals surface area contributed by atoms with Crippen LogP contribution >= 0.6 is 0 Å². The van der Waals surface area contributed by atoms with Crippen LogP contribution in [0, 0.1) is 5.92 Å². The standard InChI is InChI=1S/C21H33NO2/c1-3-24-21(23)16-10-15-20(19-13-8-5-9-14-19)22-17(2)18-11-6-4-7-12-18/h4,6-7,11-12,17,19-20,22H,3,5,8-10,13-16H2,1-2H3/t17-,20?/m0/s1. The molecule has 1 saturated carbocycles. The fourth-order valence-corrected chi connectivity index (χ4v) is 3.85. The van der Waals surface area contributed by atoms with Gasteiger partial charge < -0.3 is 10.1 Å². The second-order valence-electron chi connectivity index (χ2n) is 7.00. The molecule has 0 heterocycles. The molecule has 0 aromatic heterocycles. The van der Waals surface area contributed by atoms with E-state index in [9.17, 15) is 4.79 Å². The molecule has 1 aliphatic rings. The van der Waals surface area contributed by atoms with Gasteiger partial charge in [-0.25, -0.2) is 0 Å². The highest BCUT2D eigenvalue weighted by Gasteiger charge is 2.25. The molecule has 2 rings (SSSR count). The minimum absolute atomic E-state index is 0.0593. The van der Waals surface area contributed by atoms with Crippen molar-refractivity contribution < 1.29 is 9.53 Å². The van der Waals surface area contributed by atoms with Gasteiger partial charge in [0.25, 0.3) is 0 Å². The normalized spacial score (nSPS) is 18.1. The van der Waals surface area contributed by atoms with Gasteiger partial charge in [-0.2, -0.15) is 0 Å². The third-order valence-electron chi connectivity index (χ3n) is 5.18. The van der Waals surface area contributed by atoms with Gasteiger partial charge in [0.1, 0.15) is 0 Å². The Kier molecular flexibility index (Phi) is 8.31. The molecular weight excluding hydrogens is 298 g/mol. The Morgan fingerprint density at radius 2 is 1.92 bits per heavy atom. The van der Waals surface area contributed by atoms with Gasteiger partial charge in [-0.1, -0.05) is 49.6 Å². The molecule has 0 amide bonds. The Labute approximate surface area is 147 Å². The van der Waals surface area contributed by atoms with Gasteiger partial charge >= 0.3 is 5.97 Å². The monoisotopic (exact) mass is 331 g/mol. The number of nitrogens with one attached hydrogen (secondary N) is 1. The highest BCUT2D eigenvalue weighted by atomic mass is 16.5. The highest BCUT2D eigenvalue weighted by molar-refractivity contribution is 5.69. The summed E-state index contributed by atoms with van der Waals surface area (Å²) in [6.45, 7) is 4.59. The van der Waals surface area contributed by atoms with E-state index in [1.165, 1.54) is 37.7 Å². The highest BCUT2D eigenvalue weighted by Crippen LogP contribution is 2.30. The Bertz CT molecular complexity index is 468. The van der Waals surface area contributed by atoms with Gasteiger partial charge in [-0.3, -0.25) is 4.79 Å². The van der Waals surface area contributed by atoms with Crippen LogP contribution in [0.15, 0.2) is 30.3 Å². The third kappa shape index (κ3) is 6.27. The van der Waals surface area contributed by atoms with Crippen LogP contribution in [-0.2, 0) is 9.53 Å². The molecule has 1 N–H and O–H groups in total. The number of hydrogen-bond donors (Lipinski definition) is 1. The number of rotatable bonds is 9. The predicted molar refractivity (Wildman–Crippen MR) is 98.8 cm³/mol. The maximum Gasteiger partial charge on any atom is 0.305 e. The van der Waals surface area contributed by atoms with E-state index in [4.69, 9.17) is 4.74 Å². The average Bonchev–Trinajstić information content (AvgIpc) is 2.62. The van der Waals surface area contributed by atoms with E-state index < -0.39 is 0 Å². The molecule has 3 nitrogen and oxygen atoms in total. The summed E-state index contributed by atoms with van der Waals surface area (Å²) in [6.07, 6.45) is 9.21. The maximum atomic E-state index is 11.6. The van der Waals surface area contributed by atoms with Crippen molar-refractivity contribution in [2.75, 3.05) is 6.61 Å². The van der Waals surface area contributed by atoms with E-state index in [2.05, 4.69) is 42.6 Å². The van der Waals surface area contributed by atoms with Crippen LogP contribution in [0.25, 0.3) is 0 Å². The van der Waals surface area contributed by atoms with E-state index in [0.29, 0.717) is 25.1 Å². The summed E-state index contributed by atoms with van der Waals surface area (Å²) in [5, 5.41) is 3.86.